The van der Waals surface area contributed by atoms with Crippen molar-refractivity contribution in [2.75, 3.05) is 10.6 Å². The van der Waals surface area contributed by atoms with Crippen LogP contribution in [0.2, 0.25) is 0 Å². The molecule has 1 fully saturated rings. The van der Waals surface area contributed by atoms with Crippen molar-refractivity contribution in [3.05, 3.63) is 24.3 Å². The number of rotatable bonds is 5. The van der Waals surface area contributed by atoms with Crippen LogP contribution in [0.1, 0.15) is 65.7 Å². The molecule has 0 heterocycles. The first-order valence-electron chi connectivity index (χ1n) is 9.76. The van der Waals surface area contributed by atoms with E-state index >= 15 is 0 Å². The van der Waals surface area contributed by atoms with Crippen molar-refractivity contribution in [1.29, 1.82) is 0 Å². The normalized spacial score (nSPS) is 15.1. The number of hydrogen-bond acceptors (Lipinski definition) is 3. The smallest absolute Gasteiger partial charge is 0.229 e. The van der Waals surface area contributed by atoms with Gasteiger partial charge in [0, 0.05) is 23.2 Å². The molecule has 0 spiro atoms. The highest BCUT2D eigenvalue weighted by atomic mass is 32.1. The summed E-state index contributed by atoms with van der Waals surface area (Å²) in [4.78, 5) is 24.2. The van der Waals surface area contributed by atoms with E-state index in [-0.39, 0.29) is 16.9 Å². The quantitative estimate of drug-likeness (QED) is 0.630. The van der Waals surface area contributed by atoms with Gasteiger partial charge in [0.25, 0.3) is 0 Å². The van der Waals surface area contributed by atoms with Gasteiger partial charge in [0.1, 0.15) is 0 Å². The summed E-state index contributed by atoms with van der Waals surface area (Å²) in [6, 6.07) is 7.28. The first-order valence-corrected chi connectivity index (χ1v) is 10.2. The van der Waals surface area contributed by atoms with Crippen LogP contribution < -0.4 is 16.0 Å². The molecule has 27 heavy (non-hydrogen) atoms. The van der Waals surface area contributed by atoms with Gasteiger partial charge in [-0.3, -0.25) is 9.59 Å². The molecule has 0 saturated heterocycles. The monoisotopic (exact) mass is 389 g/mol. The second-order valence-corrected chi connectivity index (χ2v) is 8.74. The molecule has 3 N–H and O–H groups in total. The first-order chi connectivity index (χ1) is 12.7. The summed E-state index contributed by atoms with van der Waals surface area (Å²) >= 11 is 5.24. The van der Waals surface area contributed by atoms with Gasteiger partial charge in [-0.05, 0) is 42.8 Å². The van der Waals surface area contributed by atoms with E-state index in [1.165, 1.54) is 32.1 Å². The Balaban J connectivity index is 1.80. The number of thiocarbonyl (C=S) groups is 1. The molecule has 1 saturated carbocycles. The van der Waals surface area contributed by atoms with Gasteiger partial charge in [0.05, 0.1) is 0 Å². The summed E-state index contributed by atoms with van der Waals surface area (Å²) in [5, 5.41) is 8.92. The van der Waals surface area contributed by atoms with Crippen LogP contribution in [0.5, 0.6) is 0 Å². The molecule has 1 aromatic rings. The summed E-state index contributed by atoms with van der Waals surface area (Å²) in [7, 11) is 0. The van der Waals surface area contributed by atoms with E-state index in [0.717, 1.165) is 12.1 Å². The van der Waals surface area contributed by atoms with E-state index in [1.54, 1.807) is 6.07 Å². The minimum atomic E-state index is -0.467. The Morgan fingerprint density at radius 3 is 2.33 bits per heavy atom. The van der Waals surface area contributed by atoms with Crippen LogP contribution in [0.3, 0.4) is 0 Å². The molecule has 6 heteroatoms. The van der Waals surface area contributed by atoms with E-state index in [0.29, 0.717) is 18.0 Å². The van der Waals surface area contributed by atoms with E-state index in [4.69, 9.17) is 12.2 Å². The maximum absolute atomic E-state index is 12.1. The van der Waals surface area contributed by atoms with Crippen LogP contribution in [0, 0.1) is 11.3 Å². The highest BCUT2D eigenvalue weighted by Crippen LogP contribution is 2.27. The van der Waals surface area contributed by atoms with Crippen LogP contribution >= 0.6 is 12.2 Å². The Morgan fingerprint density at radius 2 is 1.70 bits per heavy atom. The highest BCUT2D eigenvalue weighted by Gasteiger charge is 2.21. The fourth-order valence-corrected chi connectivity index (χ4v) is 3.39. The van der Waals surface area contributed by atoms with Gasteiger partial charge < -0.3 is 16.0 Å². The molecule has 2 rings (SSSR count). The predicted molar refractivity (Wildman–Crippen MR) is 115 cm³/mol. The lowest BCUT2D eigenvalue weighted by molar-refractivity contribution is -0.123. The van der Waals surface area contributed by atoms with Crippen LogP contribution in [-0.2, 0) is 9.59 Å². The van der Waals surface area contributed by atoms with Crippen molar-refractivity contribution >= 4 is 40.5 Å². The molecule has 148 valence electrons. The molecule has 5 nitrogen and oxygen atoms in total. The first kappa shape index (κ1) is 21.4. The molecule has 0 atom stereocenters. The van der Waals surface area contributed by atoms with Crippen molar-refractivity contribution in [2.45, 2.75) is 65.7 Å². The third kappa shape index (κ3) is 7.67. The summed E-state index contributed by atoms with van der Waals surface area (Å²) < 4.78 is 0. The molecule has 1 aromatic carbocycles. The molecule has 0 bridgehead atoms. The van der Waals surface area contributed by atoms with Gasteiger partial charge in [0.2, 0.25) is 11.8 Å². The van der Waals surface area contributed by atoms with Gasteiger partial charge in [-0.15, -0.1) is 0 Å². The largest absolute Gasteiger partial charge is 0.332 e. The van der Waals surface area contributed by atoms with E-state index < -0.39 is 5.41 Å². The predicted octanol–water partition coefficient (Wildman–Crippen LogP) is 4.84. The summed E-state index contributed by atoms with van der Waals surface area (Å²) in [5.74, 6) is 0.572. The zero-order valence-electron chi connectivity index (χ0n) is 16.6. The summed E-state index contributed by atoms with van der Waals surface area (Å²) in [5.41, 5.74) is 0.941. The van der Waals surface area contributed by atoms with Crippen molar-refractivity contribution in [3.63, 3.8) is 0 Å². The van der Waals surface area contributed by atoms with Crippen LogP contribution in [0.25, 0.3) is 0 Å². The van der Waals surface area contributed by atoms with Crippen LogP contribution in [0.4, 0.5) is 11.4 Å². The van der Waals surface area contributed by atoms with Gasteiger partial charge in [-0.2, -0.15) is 0 Å². The second kappa shape index (κ2) is 9.83. The van der Waals surface area contributed by atoms with Crippen LogP contribution in [0.15, 0.2) is 24.3 Å². The van der Waals surface area contributed by atoms with Crippen molar-refractivity contribution < 1.29 is 9.59 Å². The van der Waals surface area contributed by atoms with E-state index in [1.807, 2.05) is 39.0 Å². The number of carbonyl (C=O) groups is 2. The molecule has 0 radical (unpaired) electrons. The highest BCUT2D eigenvalue weighted by molar-refractivity contribution is 7.80. The van der Waals surface area contributed by atoms with Gasteiger partial charge in [-0.25, -0.2) is 0 Å². The molecule has 0 aromatic heterocycles. The standard InChI is InChI=1S/C21H31N3O2S/c1-21(2,3)19(26)22-16-10-7-11-17(14-16)23-20(27)24-18(25)13-12-15-8-5-4-6-9-15/h7,10-11,14-15H,4-6,8-9,12-13H2,1-3H3,(H,22,26)(H2,23,24,25,27). The maximum atomic E-state index is 12.1. The summed E-state index contributed by atoms with van der Waals surface area (Å²) in [6.07, 6.45) is 7.82. The van der Waals surface area contributed by atoms with Crippen molar-refractivity contribution in [3.8, 4) is 0 Å². The molecule has 2 amide bonds. The number of hydrogen-bond donors (Lipinski definition) is 3. The minimum Gasteiger partial charge on any atom is -0.332 e. The molecule has 1 aliphatic carbocycles. The molecule has 0 unspecified atom stereocenters. The number of benzene rings is 1. The number of nitrogens with one attached hydrogen (secondary N) is 3. The Kier molecular flexibility index (Phi) is 7.78. The fourth-order valence-electron chi connectivity index (χ4n) is 3.16. The number of amides is 2. The average Bonchev–Trinajstić information content (AvgIpc) is 2.60. The van der Waals surface area contributed by atoms with Crippen molar-refractivity contribution in [1.82, 2.24) is 5.32 Å². The maximum Gasteiger partial charge on any atom is 0.229 e. The lowest BCUT2D eigenvalue weighted by Crippen LogP contribution is -2.34. The van der Waals surface area contributed by atoms with Crippen LogP contribution in [-0.4, -0.2) is 16.9 Å². The molecular weight excluding hydrogens is 358 g/mol. The SMILES string of the molecule is CC(C)(C)C(=O)Nc1cccc(NC(=S)NC(=O)CCC2CCCCC2)c1. The Bertz CT molecular complexity index is 676. The van der Waals surface area contributed by atoms with Gasteiger partial charge in [-0.1, -0.05) is 58.9 Å². The lowest BCUT2D eigenvalue weighted by atomic mass is 9.86. The fraction of sp³-hybridized carbons (Fsp3) is 0.571. The third-order valence-corrected chi connectivity index (χ3v) is 5.02. The number of anilines is 2. The van der Waals surface area contributed by atoms with Gasteiger partial charge >= 0.3 is 0 Å². The Morgan fingerprint density at radius 1 is 1.07 bits per heavy atom. The van der Waals surface area contributed by atoms with E-state index in [9.17, 15) is 9.59 Å². The Labute approximate surface area is 167 Å². The average molecular weight is 390 g/mol. The lowest BCUT2D eigenvalue weighted by Gasteiger charge is -2.21. The van der Waals surface area contributed by atoms with Crippen molar-refractivity contribution in [2.24, 2.45) is 11.3 Å². The van der Waals surface area contributed by atoms with E-state index in [2.05, 4.69) is 16.0 Å². The summed E-state index contributed by atoms with van der Waals surface area (Å²) in [6.45, 7) is 5.59. The number of carbonyl (C=O) groups excluding carboxylic acids is 2. The van der Waals surface area contributed by atoms with Gasteiger partial charge in [0.15, 0.2) is 5.11 Å². The zero-order chi connectivity index (χ0) is 19.9. The second-order valence-electron chi connectivity index (χ2n) is 8.33. The molecular formula is C21H31N3O2S. The third-order valence-electron chi connectivity index (χ3n) is 4.82. The minimum absolute atomic E-state index is 0.0461. The molecule has 0 aliphatic heterocycles. The Hall–Kier alpha value is -1.95. The topological polar surface area (TPSA) is 70.2 Å². The zero-order valence-corrected chi connectivity index (χ0v) is 17.4. The molecule has 1 aliphatic rings.